The quantitative estimate of drug-likeness (QED) is 0.782. The van der Waals surface area contributed by atoms with E-state index < -0.39 is 0 Å². The average Bonchev–Trinajstić information content (AvgIpc) is 2.59. The van der Waals surface area contributed by atoms with Gasteiger partial charge in [-0.05, 0) is 51.6 Å². The van der Waals surface area contributed by atoms with Crippen LogP contribution in [0.1, 0.15) is 28.8 Å². The Labute approximate surface area is 144 Å². The smallest absolute Gasteiger partial charge is 0.251 e. The molecule has 0 spiro atoms. The highest BCUT2D eigenvalue weighted by atomic mass is 16.5. The summed E-state index contributed by atoms with van der Waals surface area (Å²) in [5.74, 6) is 0.627. The Morgan fingerprint density at radius 3 is 2.71 bits per heavy atom. The third kappa shape index (κ3) is 4.47. The van der Waals surface area contributed by atoms with Gasteiger partial charge in [-0.15, -0.1) is 0 Å². The zero-order chi connectivity index (χ0) is 17.6. The lowest BCUT2D eigenvalue weighted by Gasteiger charge is -2.42. The van der Waals surface area contributed by atoms with Crippen molar-refractivity contribution in [2.24, 2.45) is 5.73 Å². The van der Waals surface area contributed by atoms with Gasteiger partial charge in [0.1, 0.15) is 12.4 Å². The zero-order valence-corrected chi connectivity index (χ0v) is 14.9. The highest BCUT2D eigenvalue weighted by Gasteiger charge is 2.35. The van der Waals surface area contributed by atoms with Gasteiger partial charge in [0.05, 0.1) is 0 Å². The molecule has 0 radical (unpaired) electrons. The molecule has 134 valence electrons. The maximum absolute atomic E-state index is 12.5. The van der Waals surface area contributed by atoms with Crippen molar-refractivity contribution in [3.8, 4) is 5.75 Å². The molecular formula is C18H29N3O3. The minimum Gasteiger partial charge on any atom is -0.492 e. The number of benzene rings is 1. The molecule has 0 bridgehead atoms. The van der Waals surface area contributed by atoms with Crippen LogP contribution in [0.3, 0.4) is 0 Å². The summed E-state index contributed by atoms with van der Waals surface area (Å²) in [6.45, 7) is 4.91. The topological polar surface area (TPSA) is 76.8 Å². The highest BCUT2D eigenvalue weighted by Crippen LogP contribution is 2.25. The first kappa shape index (κ1) is 18.7. The summed E-state index contributed by atoms with van der Waals surface area (Å²) in [6.07, 6.45) is 1.83. The summed E-state index contributed by atoms with van der Waals surface area (Å²) < 4.78 is 11.1. The molecule has 0 aromatic heterocycles. The van der Waals surface area contributed by atoms with Crippen LogP contribution < -0.4 is 15.8 Å². The Hall–Kier alpha value is -1.63. The van der Waals surface area contributed by atoms with Gasteiger partial charge in [-0.3, -0.25) is 4.79 Å². The van der Waals surface area contributed by atoms with Gasteiger partial charge >= 0.3 is 0 Å². The monoisotopic (exact) mass is 335 g/mol. The molecule has 24 heavy (non-hydrogen) atoms. The standard InChI is InChI=1S/C18H29N3O3/c1-14-4-5-15(12-16(14)24-11-8-19)17(22)20-13-18(21(2)3)6-9-23-10-7-18/h4-5,12H,6-11,13,19H2,1-3H3,(H,20,22). The van der Waals surface area contributed by atoms with E-state index in [1.165, 1.54) is 0 Å². The Morgan fingerprint density at radius 1 is 1.38 bits per heavy atom. The molecule has 0 saturated carbocycles. The number of carbonyl (C=O) groups is 1. The average molecular weight is 335 g/mol. The van der Waals surface area contributed by atoms with Crippen molar-refractivity contribution >= 4 is 5.91 Å². The van der Waals surface area contributed by atoms with Gasteiger partial charge in [-0.25, -0.2) is 0 Å². The molecule has 2 rings (SSSR count). The molecule has 6 nitrogen and oxygen atoms in total. The lowest BCUT2D eigenvalue weighted by molar-refractivity contribution is -0.00658. The van der Waals surface area contributed by atoms with Crippen LogP contribution in [0, 0.1) is 6.92 Å². The number of nitrogens with one attached hydrogen (secondary N) is 1. The van der Waals surface area contributed by atoms with E-state index in [1.54, 1.807) is 6.07 Å². The predicted octanol–water partition coefficient (Wildman–Crippen LogP) is 1.17. The van der Waals surface area contributed by atoms with Gasteiger partial charge in [-0.1, -0.05) is 6.07 Å². The molecule has 1 fully saturated rings. The summed E-state index contributed by atoms with van der Waals surface area (Å²) >= 11 is 0. The van der Waals surface area contributed by atoms with Crippen LogP contribution in [0.5, 0.6) is 5.75 Å². The van der Waals surface area contributed by atoms with Crippen molar-refractivity contribution in [1.29, 1.82) is 0 Å². The van der Waals surface area contributed by atoms with Crippen LogP contribution in [0.15, 0.2) is 18.2 Å². The number of hydrogen-bond acceptors (Lipinski definition) is 5. The lowest BCUT2D eigenvalue weighted by atomic mass is 9.88. The Kier molecular flexibility index (Phi) is 6.60. The Morgan fingerprint density at radius 2 is 2.08 bits per heavy atom. The van der Waals surface area contributed by atoms with E-state index in [1.807, 2.05) is 19.1 Å². The first-order chi connectivity index (χ1) is 11.5. The van der Waals surface area contributed by atoms with Gasteiger partial charge in [0, 0.05) is 37.4 Å². The van der Waals surface area contributed by atoms with E-state index in [9.17, 15) is 4.79 Å². The molecule has 6 heteroatoms. The van der Waals surface area contributed by atoms with Gasteiger partial charge in [-0.2, -0.15) is 0 Å². The van der Waals surface area contributed by atoms with Crippen LogP contribution in [0.25, 0.3) is 0 Å². The molecule has 1 heterocycles. The predicted molar refractivity (Wildman–Crippen MR) is 94.5 cm³/mol. The molecule has 0 aliphatic carbocycles. The molecule has 1 aliphatic heterocycles. The van der Waals surface area contributed by atoms with Crippen molar-refractivity contribution < 1.29 is 14.3 Å². The number of likely N-dealkylation sites (N-methyl/N-ethyl adjacent to an activating group) is 1. The van der Waals surface area contributed by atoms with Crippen LogP contribution in [-0.2, 0) is 4.74 Å². The minimum absolute atomic E-state index is 0.0442. The van der Waals surface area contributed by atoms with Crippen LogP contribution >= 0.6 is 0 Å². The van der Waals surface area contributed by atoms with E-state index in [0.717, 1.165) is 31.6 Å². The summed E-state index contributed by atoms with van der Waals surface area (Å²) in [7, 11) is 4.12. The summed E-state index contributed by atoms with van der Waals surface area (Å²) in [6, 6.07) is 5.51. The zero-order valence-electron chi connectivity index (χ0n) is 14.9. The molecule has 1 amide bonds. The number of aryl methyl sites for hydroxylation is 1. The third-order valence-corrected chi connectivity index (χ3v) is 4.78. The number of ether oxygens (including phenoxy) is 2. The lowest BCUT2D eigenvalue weighted by Crippen LogP contribution is -2.55. The van der Waals surface area contributed by atoms with E-state index in [-0.39, 0.29) is 11.4 Å². The highest BCUT2D eigenvalue weighted by molar-refractivity contribution is 5.94. The van der Waals surface area contributed by atoms with Crippen molar-refractivity contribution in [3.63, 3.8) is 0 Å². The molecular weight excluding hydrogens is 306 g/mol. The van der Waals surface area contributed by atoms with Gasteiger partial charge < -0.3 is 25.4 Å². The summed E-state index contributed by atoms with van der Waals surface area (Å²) in [4.78, 5) is 14.7. The number of nitrogens with zero attached hydrogens (tertiary/aromatic N) is 1. The van der Waals surface area contributed by atoms with E-state index in [0.29, 0.717) is 31.0 Å². The second kappa shape index (κ2) is 8.46. The fourth-order valence-electron chi connectivity index (χ4n) is 2.95. The molecule has 1 aromatic rings. The number of carbonyl (C=O) groups excluding carboxylic acids is 1. The number of rotatable bonds is 7. The summed E-state index contributed by atoms with van der Waals surface area (Å²) in [5, 5.41) is 3.08. The van der Waals surface area contributed by atoms with E-state index >= 15 is 0 Å². The van der Waals surface area contributed by atoms with Crippen molar-refractivity contribution in [1.82, 2.24) is 10.2 Å². The molecule has 1 saturated heterocycles. The molecule has 0 unspecified atom stereocenters. The largest absolute Gasteiger partial charge is 0.492 e. The van der Waals surface area contributed by atoms with Crippen LogP contribution in [0.4, 0.5) is 0 Å². The van der Waals surface area contributed by atoms with E-state index in [2.05, 4.69) is 24.3 Å². The van der Waals surface area contributed by atoms with Gasteiger partial charge in [0.15, 0.2) is 0 Å². The molecule has 1 aliphatic rings. The van der Waals surface area contributed by atoms with Crippen molar-refractivity contribution in [2.45, 2.75) is 25.3 Å². The first-order valence-electron chi connectivity index (χ1n) is 8.45. The fraction of sp³-hybridized carbons (Fsp3) is 0.611. The number of hydrogen-bond donors (Lipinski definition) is 2. The van der Waals surface area contributed by atoms with Crippen LogP contribution in [0.2, 0.25) is 0 Å². The SMILES string of the molecule is Cc1ccc(C(=O)NCC2(N(C)C)CCOCC2)cc1OCCN. The maximum atomic E-state index is 12.5. The third-order valence-electron chi connectivity index (χ3n) is 4.78. The second-order valence-corrected chi connectivity index (χ2v) is 6.53. The molecule has 3 N–H and O–H groups in total. The van der Waals surface area contributed by atoms with Gasteiger partial charge in [0.2, 0.25) is 0 Å². The normalized spacial score (nSPS) is 16.9. The Bertz CT molecular complexity index is 554. The molecule has 0 atom stereocenters. The van der Waals surface area contributed by atoms with Crippen LogP contribution in [-0.4, -0.2) is 63.4 Å². The first-order valence-corrected chi connectivity index (χ1v) is 8.45. The van der Waals surface area contributed by atoms with E-state index in [4.69, 9.17) is 15.2 Å². The number of nitrogens with two attached hydrogens (primary N) is 1. The van der Waals surface area contributed by atoms with Gasteiger partial charge in [0.25, 0.3) is 5.91 Å². The number of amides is 1. The Balaban J connectivity index is 2.03. The minimum atomic E-state index is -0.0830. The van der Waals surface area contributed by atoms with Crippen molar-refractivity contribution in [3.05, 3.63) is 29.3 Å². The second-order valence-electron chi connectivity index (χ2n) is 6.53. The maximum Gasteiger partial charge on any atom is 0.251 e. The fourth-order valence-corrected chi connectivity index (χ4v) is 2.95. The summed E-state index contributed by atoms with van der Waals surface area (Å²) in [5.41, 5.74) is 7.03. The van der Waals surface area contributed by atoms with Crippen molar-refractivity contribution in [2.75, 3.05) is 47.0 Å². The molecule has 1 aromatic carbocycles.